The van der Waals surface area contributed by atoms with Crippen molar-refractivity contribution >= 4 is 39.8 Å². The summed E-state index contributed by atoms with van der Waals surface area (Å²) in [7, 11) is 0. The van der Waals surface area contributed by atoms with Crippen LogP contribution >= 0.6 is 22.9 Å². The van der Waals surface area contributed by atoms with E-state index in [1.165, 1.54) is 12.1 Å². The molecular weight excluding hydrogens is 433 g/mol. The molecule has 0 radical (unpaired) electrons. The van der Waals surface area contributed by atoms with Gasteiger partial charge in [-0.25, -0.2) is 4.79 Å². The van der Waals surface area contributed by atoms with Crippen LogP contribution in [0.3, 0.4) is 0 Å². The minimum absolute atomic E-state index is 0.111. The highest BCUT2D eigenvalue weighted by Crippen LogP contribution is 2.25. The fourth-order valence-electron chi connectivity index (χ4n) is 2.07. The SMILES string of the molecule is O=C(Nc1cccc(OC(F)(F)F)c1)Nc1nnc(COc2ccc(Cl)cc2)s1. The number of benzene rings is 2. The fourth-order valence-corrected chi connectivity index (χ4v) is 2.84. The Morgan fingerprint density at radius 2 is 1.83 bits per heavy atom. The third-order valence-corrected chi connectivity index (χ3v) is 4.25. The van der Waals surface area contributed by atoms with E-state index in [0.29, 0.717) is 15.8 Å². The molecule has 0 spiro atoms. The standard InChI is InChI=1S/C17H12ClF3N4O3S/c18-10-4-6-12(7-5-10)27-9-14-24-25-16(29-14)23-15(26)22-11-2-1-3-13(8-11)28-17(19,20)21/h1-8H,9H2,(H2,22,23,25,26). The Labute approximate surface area is 171 Å². The lowest BCUT2D eigenvalue weighted by molar-refractivity contribution is -0.274. The van der Waals surface area contributed by atoms with Gasteiger partial charge in [-0.3, -0.25) is 5.32 Å². The Kier molecular flexibility index (Phi) is 6.39. The number of hydrogen-bond acceptors (Lipinski definition) is 6. The maximum Gasteiger partial charge on any atom is 0.573 e. The van der Waals surface area contributed by atoms with Crippen molar-refractivity contribution in [3.63, 3.8) is 0 Å². The fraction of sp³-hybridized carbons (Fsp3) is 0.118. The molecule has 7 nitrogen and oxygen atoms in total. The van der Waals surface area contributed by atoms with Crippen LogP contribution in [0, 0.1) is 0 Å². The molecule has 152 valence electrons. The zero-order chi connectivity index (χ0) is 20.9. The molecule has 0 fully saturated rings. The number of carbonyl (C=O) groups is 1. The van der Waals surface area contributed by atoms with Crippen molar-refractivity contribution in [2.24, 2.45) is 0 Å². The summed E-state index contributed by atoms with van der Waals surface area (Å²) in [4.78, 5) is 12.0. The first kappa shape index (κ1) is 20.7. The van der Waals surface area contributed by atoms with E-state index in [1.54, 1.807) is 24.3 Å². The van der Waals surface area contributed by atoms with Crippen molar-refractivity contribution in [1.29, 1.82) is 0 Å². The Hall–Kier alpha value is -3.05. The average molecular weight is 445 g/mol. The second kappa shape index (κ2) is 8.97. The van der Waals surface area contributed by atoms with Gasteiger partial charge in [-0.1, -0.05) is 29.0 Å². The molecule has 2 aromatic carbocycles. The van der Waals surface area contributed by atoms with Gasteiger partial charge in [-0.2, -0.15) is 0 Å². The summed E-state index contributed by atoms with van der Waals surface area (Å²) >= 11 is 6.88. The van der Waals surface area contributed by atoms with Crippen LogP contribution in [0.1, 0.15) is 5.01 Å². The Bertz CT molecular complexity index is 983. The topological polar surface area (TPSA) is 85.4 Å². The van der Waals surface area contributed by atoms with E-state index in [4.69, 9.17) is 16.3 Å². The summed E-state index contributed by atoms with van der Waals surface area (Å²) in [6, 6.07) is 11.0. The smallest absolute Gasteiger partial charge is 0.486 e. The number of aromatic nitrogens is 2. The van der Waals surface area contributed by atoms with Crippen LogP contribution in [0.2, 0.25) is 5.02 Å². The second-order valence-electron chi connectivity index (χ2n) is 5.40. The van der Waals surface area contributed by atoms with E-state index in [0.717, 1.165) is 23.5 Å². The van der Waals surface area contributed by atoms with Gasteiger partial charge >= 0.3 is 12.4 Å². The molecular formula is C17H12ClF3N4O3S. The van der Waals surface area contributed by atoms with Crippen LogP contribution in [0.15, 0.2) is 48.5 Å². The van der Waals surface area contributed by atoms with E-state index < -0.39 is 18.1 Å². The summed E-state index contributed by atoms with van der Waals surface area (Å²) in [6.07, 6.45) is -4.82. The molecule has 2 amide bonds. The molecule has 0 aliphatic rings. The van der Waals surface area contributed by atoms with Crippen LogP contribution in [-0.4, -0.2) is 22.6 Å². The van der Waals surface area contributed by atoms with Crippen LogP contribution in [0.4, 0.5) is 28.8 Å². The summed E-state index contributed by atoms with van der Waals surface area (Å²) in [5, 5.41) is 13.8. The Balaban J connectivity index is 1.52. The van der Waals surface area contributed by atoms with Crippen LogP contribution < -0.4 is 20.1 Å². The largest absolute Gasteiger partial charge is 0.573 e. The third kappa shape index (κ3) is 6.80. The number of nitrogens with one attached hydrogen (secondary N) is 2. The van der Waals surface area contributed by atoms with Gasteiger partial charge in [0.1, 0.15) is 18.1 Å². The highest BCUT2D eigenvalue weighted by atomic mass is 35.5. The first-order valence-electron chi connectivity index (χ1n) is 7.91. The van der Waals surface area contributed by atoms with Crippen molar-refractivity contribution in [3.05, 3.63) is 58.6 Å². The molecule has 0 aliphatic carbocycles. The van der Waals surface area contributed by atoms with E-state index in [2.05, 4.69) is 25.6 Å². The van der Waals surface area contributed by atoms with Crippen molar-refractivity contribution < 1.29 is 27.4 Å². The van der Waals surface area contributed by atoms with Gasteiger partial charge in [0.15, 0.2) is 5.01 Å². The molecule has 2 N–H and O–H groups in total. The maximum atomic E-state index is 12.3. The van der Waals surface area contributed by atoms with Gasteiger partial charge in [-0.05, 0) is 36.4 Å². The van der Waals surface area contributed by atoms with Crippen LogP contribution in [-0.2, 0) is 6.61 Å². The molecule has 0 aliphatic heterocycles. The predicted molar refractivity (Wildman–Crippen MR) is 101 cm³/mol. The van der Waals surface area contributed by atoms with Crippen molar-refractivity contribution in [1.82, 2.24) is 10.2 Å². The third-order valence-electron chi connectivity index (χ3n) is 3.19. The number of carbonyl (C=O) groups excluding carboxylic acids is 1. The van der Waals surface area contributed by atoms with E-state index >= 15 is 0 Å². The second-order valence-corrected chi connectivity index (χ2v) is 6.90. The minimum Gasteiger partial charge on any atom is -0.486 e. The molecule has 0 saturated carbocycles. The number of urea groups is 1. The molecule has 3 aromatic rings. The van der Waals surface area contributed by atoms with Crippen molar-refractivity contribution in [2.75, 3.05) is 10.6 Å². The van der Waals surface area contributed by atoms with E-state index in [1.807, 2.05) is 0 Å². The molecule has 0 bridgehead atoms. The summed E-state index contributed by atoms with van der Waals surface area (Å²) in [6.45, 7) is 0.138. The molecule has 12 heteroatoms. The first-order valence-corrected chi connectivity index (χ1v) is 9.11. The quantitative estimate of drug-likeness (QED) is 0.538. The number of ether oxygens (including phenoxy) is 2. The molecule has 29 heavy (non-hydrogen) atoms. The molecule has 0 saturated heterocycles. The number of nitrogens with zero attached hydrogens (tertiary/aromatic N) is 2. The lowest BCUT2D eigenvalue weighted by Crippen LogP contribution is -2.20. The summed E-state index contributed by atoms with van der Waals surface area (Å²) in [5.41, 5.74) is 0.111. The van der Waals surface area contributed by atoms with Gasteiger partial charge in [-0.15, -0.1) is 23.4 Å². The van der Waals surface area contributed by atoms with E-state index in [9.17, 15) is 18.0 Å². The van der Waals surface area contributed by atoms with Gasteiger partial charge in [0.25, 0.3) is 0 Å². The minimum atomic E-state index is -4.82. The highest BCUT2D eigenvalue weighted by molar-refractivity contribution is 7.15. The van der Waals surface area contributed by atoms with Gasteiger partial charge < -0.3 is 14.8 Å². The first-order chi connectivity index (χ1) is 13.8. The molecule has 0 atom stereocenters. The molecule has 0 unspecified atom stereocenters. The number of halogens is 4. The van der Waals surface area contributed by atoms with Gasteiger partial charge in [0.05, 0.1) is 0 Å². The molecule has 3 rings (SSSR count). The number of hydrogen-bond donors (Lipinski definition) is 2. The molecule has 1 heterocycles. The number of alkyl halides is 3. The number of amides is 2. The summed E-state index contributed by atoms with van der Waals surface area (Å²) < 4.78 is 46.1. The predicted octanol–water partition coefficient (Wildman–Crippen LogP) is 5.31. The molecule has 1 aromatic heterocycles. The monoisotopic (exact) mass is 444 g/mol. The van der Waals surface area contributed by atoms with Crippen LogP contribution in [0.25, 0.3) is 0 Å². The lowest BCUT2D eigenvalue weighted by atomic mass is 10.3. The van der Waals surface area contributed by atoms with Gasteiger partial charge in [0.2, 0.25) is 5.13 Å². The Morgan fingerprint density at radius 1 is 1.07 bits per heavy atom. The highest BCUT2D eigenvalue weighted by Gasteiger charge is 2.31. The number of anilines is 2. The summed E-state index contributed by atoms with van der Waals surface area (Å²) in [5.74, 6) is 0.144. The number of rotatable bonds is 6. The maximum absolute atomic E-state index is 12.3. The van der Waals surface area contributed by atoms with Crippen molar-refractivity contribution in [2.45, 2.75) is 13.0 Å². The van der Waals surface area contributed by atoms with E-state index in [-0.39, 0.29) is 17.4 Å². The van der Waals surface area contributed by atoms with Crippen molar-refractivity contribution in [3.8, 4) is 11.5 Å². The lowest BCUT2D eigenvalue weighted by Gasteiger charge is -2.10. The zero-order valence-electron chi connectivity index (χ0n) is 14.4. The normalized spacial score (nSPS) is 11.0. The average Bonchev–Trinajstić information content (AvgIpc) is 3.07. The van der Waals surface area contributed by atoms with Crippen LogP contribution in [0.5, 0.6) is 11.5 Å². The zero-order valence-corrected chi connectivity index (χ0v) is 15.9. The Morgan fingerprint density at radius 3 is 2.55 bits per heavy atom. The van der Waals surface area contributed by atoms with Gasteiger partial charge in [0, 0.05) is 16.8 Å².